The number of nitrogens with zero attached hydrogens (tertiary/aromatic N) is 2. The van der Waals surface area contributed by atoms with E-state index in [1.54, 1.807) is 13.0 Å². The molecule has 0 bridgehead atoms. The zero-order valence-electron chi connectivity index (χ0n) is 10.4. The van der Waals surface area contributed by atoms with Gasteiger partial charge in [-0.05, 0) is 22.9 Å². The summed E-state index contributed by atoms with van der Waals surface area (Å²) in [5.41, 5.74) is 5.03. The van der Waals surface area contributed by atoms with Crippen LogP contribution in [0, 0.1) is 0 Å². The Bertz CT molecular complexity index is 428. The van der Waals surface area contributed by atoms with Gasteiger partial charge in [0.25, 0.3) is 0 Å². The molecular formula is C11H17BrN4O. The van der Waals surface area contributed by atoms with Crippen LogP contribution in [0.1, 0.15) is 33.5 Å². The molecule has 0 fully saturated rings. The summed E-state index contributed by atoms with van der Waals surface area (Å²) in [6, 6.07) is 1.25. The predicted octanol–water partition coefficient (Wildman–Crippen LogP) is 1.82. The molecule has 0 aliphatic carbocycles. The number of hydrogen-bond donors (Lipinski definition) is 2. The molecule has 1 aromatic heterocycles. The van der Waals surface area contributed by atoms with Crippen LogP contribution < -0.4 is 11.1 Å². The monoisotopic (exact) mass is 300 g/mol. The van der Waals surface area contributed by atoms with E-state index in [-0.39, 0.29) is 5.41 Å². The fraction of sp³-hybridized carbons (Fsp3) is 0.545. The number of anilines is 1. The molecule has 3 N–H and O–H groups in total. The molecular weight excluding hydrogens is 284 g/mol. The molecule has 1 aromatic rings. The minimum atomic E-state index is -0.468. The Balaban J connectivity index is 3.02. The van der Waals surface area contributed by atoms with E-state index >= 15 is 0 Å². The normalized spacial score (nSPS) is 13.2. The lowest BCUT2D eigenvalue weighted by Gasteiger charge is -2.19. The van der Waals surface area contributed by atoms with Crippen LogP contribution in [0.4, 0.5) is 5.82 Å². The van der Waals surface area contributed by atoms with E-state index < -0.39 is 11.9 Å². The largest absolute Gasteiger partial charge is 0.368 e. The highest BCUT2D eigenvalue weighted by molar-refractivity contribution is 9.10. The Morgan fingerprint density at radius 2 is 2.06 bits per heavy atom. The van der Waals surface area contributed by atoms with Crippen molar-refractivity contribution in [2.45, 2.75) is 39.2 Å². The summed E-state index contributed by atoms with van der Waals surface area (Å²) < 4.78 is 0.677. The molecule has 6 heteroatoms. The molecule has 0 radical (unpaired) electrons. The van der Waals surface area contributed by atoms with E-state index in [4.69, 9.17) is 5.73 Å². The molecule has 94 valence electrons. The number of aromatic nitrogens is 2. The number of carbonyl (C=O) groups excluding carboxylic acids is 1. The first-order valence-electron chi connectivity index (χ1n) is 5.31. The molecule has 5 nitrogen and oxygen atoms in total. The predicted molar refractivity (Wildman–Crippen MR) is 70.7 cm³/mol. The average Bonchev–Trinajstić information content (AvgIpc) is 2.15. The van der Waals surface area contributed by atoms with E-state index in [0.717, 1.165) is 0 Å². The molecule has 1 unspecified atom stereocenters. The lowest BCUT2D eigenvalue weighted by atomic mass is 9.96. The van der Waals surface area contributed by atoms with Gasteiger partial charge in [0.1, 0.15) is 22.3 Å². The van der Waals surface area contributed by atoms with Crippen molar-refractivity contribution in [3.8, 4) is 0 Å². The van der Waals surface area contributed by atoms with E-state index in [0.29, 0.717) is 16.2 Å². The summed E-state index contributed by atoms with van der Waals surface area (Å²) in [6.07, 6.45) is 0. The van der Waals surface area contributed by atoms with Gasteiger partial charge >= 0.3 is 0 Å². The number of nitrogens with one attached hydrogen (secondary N) is 1. The van der Waals surface area contributed by atoms with Crippen molar-refractivity contribution in [3.05, 3.63) is 16.5 Å². The highest BCUT2D eigenvalue weighted by Gasteiger charge is 2.19. The van der Waals surface area contributed by atoms with Gasteiger partial charge in [0.15, 0.2) is 0 Å². The van der Waals surface area contributed by atoms with Crippen molar-refractivity contribution in [3.63, 3.8) is 0 Å². The second-order valence-corrected chi connectivity index (χ2v) is 5.73. The Labute approximate surface area is 109 Å². The summed E-state index contributed by atoms with van der Waals surface area (Å²) in [7, 11) is 0. The molecule has 17 heavy (non-hydrogen) atoms. The van der Waals surface area contributed by atoms with Crippen molar-refractivity contribution >= 4 is 27.7 Å². The standard InChI is InChI=1S/C11H17BrN4O/c1-6(9(13)17)14-8-5-7(12)15-10(16-8)11(2,3)4/h5-6H,1-4H3,(H2,13,17)(H,14,15,16). The zero-order chi connectivity index (χ0) is 13.2. The Morgan fingerprint density at radius 1 is 1.47 bits per heavy atom. The maximum atomic E-state index is 11.0. The van der Waals surface area contributed by atoms with Gasteiger partial charge in [0, 0.05) is 11.5 Å². The van der Waals surface area contributed by atoms with Gasteiger partial charge in [-0.25, -0.2) is 9.97 Å². The Morgan fingerprint density at radius 3 is 2.53 bits per heavy atom. The minimum Gasteiger partial charge on any atom is -0.368 e. The van der Waals surface area contributed by atoms with E-state index in [1.165, 1.54) is 0 Å². The molecule has 0 aliphatic heterocycles. The SMILES string of the molecule is CC(Nc1cc(Br)nc(C(C)(C)C)n1)C(N)=O. The second-order valence-electron chi connectivity index (χ2n) is 4.92. The first-order valence-corrected chi connectivity index (χ1v) is 6.10. The number of hydrogen-bond acceptors (Lipinski definition) is 4. The molecule has 1 amide bonds. The van der Waals surface area contributed by atoms with Crippen LogP contribution in [0.3, 0.4) is 0 Å². The van der Waals surface area contributed by atoms with Gasteiger partial charge in [-0.1, -0.05) is 20.8 Å². The lowest BCUT2D eigenvalue weighted by molar-refractivity contribution is -0.118. The third kappa shape index (κ3) is 3.96. The topological polar surface area (TPSA) is 80.9 Å². The van der Waals surface area contributed by atoms with Gasteiger partial charge in [-0.2, -0.15) is 0 Å². The van der Waals surface area contributed by atoms with Gasteiger partial charge in [0.05, 0.1) is 0 Å². The molecule has 0 saturated heterocycles. The smallest absolute Gasteiger partial charge is 0.239 e. The average molecular weight is 301 g/mol. The van der Waals surface area contributed by atoms with Crippen LogP contribution in [0.15, 0.2) is 10.7 Å². The fourth-order valence-electron chi connectivity index (χ4n) is 1.12. The molecule has 1 heterocycles. The lowest BCUT2D eigenvalue weighted by Crippen LogP contribution is -2.33. The number of nitrogens with two attached hydrogens (primary N) is 1. The van der Waals surface area contributed by atoms with Crippen LogP contribution in [0.25, 0.3) is 0 Å². The third-order valence-corrected chi connectivity index (χ3v) is 2.56. The molecule has 0 aliphatic rings. The van der Waals surface area contributed by atoms with Crippen LogP contribution in [0.5, 0.6) is 0 Å². The molecule has 0 aromatic carbocycles. The summed E-state index contributed by atoms with van der Waals surface area (Å²) in [6.45, 7) is 7.76. The summed E-state index contributed by atoms with van der Waals surface area (Å²) in [4.78, 5) is 19.6. The van der Waals surface area contributed by atoms with Crippen molar-refractivity contribution < 1.29 is 4.79 Å². The van der Waals surface area contributed by atoms with Crippen LogP contribution in [-0.2, 0) is 10.2 Å². The van der Waals surface area contributed by atoms with Crippen LogP contribution >= 0.6 is 15.9 Å². The molecule has 0 spiro atoms. The first-order chi connectivity index (χ1) is 7.70. The van der Waals surface area contributed by atoms with Gasteiger partial charge < -0.3 is 11.1 Å². The van der Waals surface area contributed by atoms with Crippen molar-refractivity contribution in [2.24, 2.45) is 5.73 Å². The van der Waals surface area contributed by atoms with Gasteiger partial charge in [-0.3, -0.25) is 4.79 Å². The summed E-state index contributed by atoms with van der Waals surface area (Å²) >= 11 is 3.33. The summed E-state index contributed by atoms with van der Waals surface area (Å²) in [5.74, 6) is 0.867. The maximum Gasteiger partial charge on any atom is 0.239 e. The van der Waals surface area contributed by atoms with Crippen LogP contribution in [0.2, 0.25) is 0 Å². The quantitative estimate of drug-likeness (QED) is 0.835. The van der Waals surface area contributed by atoms with E-state index in [2.05, 4.69) is 31.2 Å². The maximum absolute atomic E-state index is 11.0. The van der Waals surface area contributed by atoms with E-state index in [9.17, 15) is 4.79 Å². The Kier molecular flexibility index (Phi) is 4.08. The van der Waals surface area contributed by atoms with Crippen molar-refractivity contribution in [1.82, 2.24) is 9.97 Å². The fourth-order valence-corrected chi connectivity index (χ4v) is 1.50. The molecule has 1 atom stereocenters. The highest BCUT2D eigenvalue weighted by atomic mass is 79.9. The number of halogens is 1. The number of primary amides is 1. The second kappa shape index (κ2) is 5.00. The van der Waals surface area contributed by atoms with Crippen molar-refractivity contribution in [2.75, 3.05) is 5.32 Å². The zero-order valence-corrected chi connectivity index (χ0v) is 12.0. The number of carbonyl (C=O) groups is 1. The van der Waals surface area contributed by atoms with Crippen molar-refractivity contribution in [1.29, 1.82) is 0 Å². The highest BCUT2D eigenvalue weighted by Crippen LogP contribution is 2.22. The molecule has 1 rings (SSSR count). The summed E-state index contributed by atoms with van der Waals surface area (Å²) in [5, 5.41) is 2.94. The first kappa shape index (κ1) is 13.9. The van der Waals surface area contributed by atoms with Gasteiger partial charge in [0.2, 0.25) is 5.91 Å². The third-order valence-electron chi connectivity index (χ3n) is 2.16. The minimum absolute atomic E-state index is 0.157. The number of rotatable bonds is 3. The van der Waals surface area contributed by atoms with E-state index in [1.807, 2.05) is 20.8 Å². The van der Waals surface area contributed by atoms with Gasteiger partial charge in [-0.15, -0.1) is 0 Å². The number of amides is 1. The van der Waals surface area contributed by atoms with Crippen LogP contribution in [-0.4, -0.2) is 21.9 Å². The molecule has 0 saturated carbocycles. The Hall–Kier alpha value is -1.17.